The van der Waals surface area contributed by atoms with E-state index in [1.54, 1.807) is 6.92 Å². The third-order valence-electron chi connectivity index (χ3n) is 1.23. The fourth-order valence-corrected chi connectivity index (χ4v) is 0.720. The molecule has 0 bridgehead atoms. The second-order valence-electron chi connectivity index (χ2n) is 2.35. The van der Waals surface area contributed by atoms with Gasteiger partial charge in [-0.2, -0.15) is 0 Å². The van der Waals surface area contributed by atoms with Gasteiger partial charge in [-0.1, -0.05) is 41.1 Å². The van der Waals surface area contributed by atoms with Gasteiger partial charge in [-0.05, 0) is 19.1 Å². The molecular weight excluding hydrogens is 216 g/mol. The van der Waals surface area contributed by atoms with Gasteiger partial charge in [0.15, 0.2) is 0 Å². The van der Waals surface area contributed by atoms with Crippen LogP contribution in [0, 0.1) is 0 Å². The monoisotopic (exact) mass is 228 g/mol. The van der Waals surface area contributed by atoms with Crippen LogP contribution in [0.1, 0.15) is 20.3 Å². The van der Waals surface area contributed by atoms with E-state index < -0.39 is 0 Å². The van der Waals surface area contributed by atoms with E-state index in [4.69, 9.17) is 0 Å². The van der Waals surface area contributed by atoms with Crippen LogP contribution in [0.5, 0.6) is 0 Å². The molecule has 0 aromatic heterocycles. The summed E-state index contributed by atoms with van der Waals surface area (Å²) in [5.74, 6) is 0.255. The van der Waals surface area contributed by atoms with Crippen molar-refractivity contribution in [1.29, 1.82) is 0 Å². The Morgan fingerprint density at radius 2 is 1.75 bits per heavy atom. The molecule has 0 spiro atoms. The summed E-state index contributed by atoms with van der Waals surface area (Å²) in [5.41, 5.74) is 0. The Labute approximate surface area is 81.9 Å². The molecule has 0 atom stereocenters. The molecule has 1 nitrogen and oxygen atoms in total. The van der Waals surface area contributed by atoms with Gasteiger partial charge in [0.25, 0.3) is 0 Å². The van der Waals surface area contributed by atoms with Crippen LogP contribution < -0.4 is 0 Å². The summed E-state index contributed by atoms with van der Waals surface area (Å²) in [7, 11) is 0. The first-order valence-corrected chi connectivity index (χ1v) is 4.66. The summed E-state index contributed by atoms with van der Waals surface area (Å²) in [6.07, 6.45) is 0.667. The van der Waals surface area contributed by atoms with Crippen LogP contribution in [0.4, 0.5) is 0 Å². The summed E-state index contributed by atoms with van der Waals surface area (Å²) in [6, 6.07) is 9.97. The number of halogens is 1. The van der Waals surface area contributed by atoms with Crippen molar-refractivity contribution in [2.45, 2.75) is 20.3 Å². The first kappa shape index (κ1) is 11.4. The zero-order valence-corrected chi connectivity index (χ0v) is 8.97. The van der Waals surface area contributed by atoms with Gasteiger partial charge >= 0.3 is 0 Å². The SMILES string of the molecule is Brc1ccccc1.CCC(C)=O. The maximum Gasteiger partial charge on any atom is 0.129 e. The van der Waals surface area contributed by atoms with Crippen molar-refractivity contribution in [1.82, 2.24) is 0 Å². The molecule has 0 amide bonds. The molecule has 0 saturated heterocycles. The molecule has 0 N–H and O–H groups in total. The van der Waals surface area contributed by atoms with Gasteiger partial charge in [0, 0.05) is 10.9 Å². The third kappa shape index (κ3) is 7.48. The summed E-state index contributed by atoms with van der Waals surface area (Å²) in [6.45, 7) is 3.43. The Kier molecular flexibility index (Phi) is 6.67. The lowest BCUT2D eigenvalue weighted by molar-refractivity contribution is -0.116. The summed E-state index contributed by atoms with van der Waals surface area (Å²) < 4.78 is 1.13. The Morgan fingerprint density at radius 1 is 1.33 bits per heavy atom. The highest BCUT2D eigenvalue weighted by molar-refractivity contribution is 9.10. The second kappa shape index (κ2) is 7.04. The maximum atomic E-state index is 9.81. The standard InChI is InChI=1S/C6H5Br.C4H8O/c7-6-4-2-1-3-5-6;1-3-4(2)5/h1-5H;3H2,1-2H3. The Hall–Kier alpha value is -0.630. The largest absolute Gasteiger partial charge is 0.300 e. The van der Waals surface area contributed by atoms with Gasteiger partial charge < -0.3 is 4.79 Å². The zero-order valence-electron chi connectivity index (χ0n) is 7.38. The molecule has 66 valence electrons. The Balaban J connectivity index is 0.000000217. The van der Waals surface area contributed by atoms with E-state index in [0.29, 0.717) is 6.42 Å². The number of carbonyl (C=O) groups excluding carboxylic acids is 1. The topological polar surface area (TPSA) is 17.1 Å². The van der Waals surface area contributed by atoms with Gasteiger partial charge in [-0.25, -0.2) is 0 Å². The molecule has 0 aliphatic rings. The van der Waals surface area contributed by atoms with Crippen molar-refractivity contribution in [2.24, 2.45) is 0 Å². The number of rotatable bonds is 1. The molecule has 0 aliphatic carbocycles. The van der Waals surface area contributed by atoms with Gasteiger partial charge in [-0.3, -0.25) is 0 Å². The molecule has 0 saturated carbocycles. The molecular formula is C10H13BrO. The number of Topliss-reactive ketones (excluding diaryl/α,β-unsaturated/α-hetero) is 1. The zero-order chi connectivity index (χ0) is 9.40. The van der Waals surface area contributed by atoms with Crippen LogP contribution in [0.15, 0.2) is 34.8 Å². The van der Waals surface area contributed by atoms with Crippen LogP contribution in [-0.2, 0) is 4.79 Å². The molecule has 1 aromatic carbocycles. The number of benzene rings is 1. The van der Waals surface area contributed by atoms with Gasteiger partial charge in [0.1, 0.15) is 5.78 Å². The lowest BCUT2D eigenvalue weighted by atomic mass is 10.4. The van der Waals surface area contributed by atoms with Gasteiger partial charge in [-0.15, -0.1) is 0 Å². The highest BCUT2D eigenvalue weighted by Gasteiger charge is 1.77. The number of carbonyl (C=O) groups is 1. The molecule has 1 aromatic rings. The highest BCUT2D eigenvalue weighted by Crippen LogP contribution is 2.05. The first-order chi connectivity index (χ1) is 5.66. The quantitative estimate of drug-likeness (QED) is 0.720. The van der Waals surface area contributed by atoms with Crippen LogP contribution in [0.2, 0.25) is 0 Å². The van der Waals surface area contributed by atoms with Crippen molar-refractivity contribution in [3.63, 3.8) is 0 Å². The van der Waals surface area contributed by atoms with Crippen molar-refractivity contribution in [3.8, 4) is 0 Å². The Morgan fingerprint density at radius 3 is 1.92 bits per heavy atom. The van der Waals surface area contributed by atoms with Crippen molar-refractivity contribution < 1.29 is 4.79 Å². The Bertz CT molecular complexity index is 219. The molecule has 12 heavy (non-hydrogen) atoms. The smallest absolute Gasteiger partial charge is 0.129 e. The predicted molar refractivity (Wildman–Crippen MR) is 55.1 cm³/mol. The molecule has 0 fully saturated rings. The fraction of sp³-hybridized carbons (Fsp3) is 0.300. The molecule has 0 unspecified atom stereocenters. The van der Waals surface area contributed by atoms with E-state index in [1.165, 1.54) is 0 Å². The van der Waals surface area contributed by atoms with Crippen molar-refractivity contribution in [2.75, 3.05) is 0 Å². The van der Waals surface area contributed by atoms with Crippen LogP contribution in [-0.4, -0.2) is 5.78 Å². The molecule has 0 aliphatic heterocycles. The average Bonchev–Trinajstić information content (AvgIpc) is 2.07. The first-order valence-electron chi connectivity index (χ1n) is 3.86. The normalized spacial score (nSPS) is 8.25. The van der Waals surface area contributed by atoms with E-state index in [0.717, 1.165) is 4.47 Å². The summed E-state index contributed by atoms with van der Waals surface area (Å²) >= 11 is 3.31. The summed E-state index contributed by atoms with van der Waals surface area (Å²) in [5, 5.41) is 0. The van der Waals surface area contributed by atoms with Crippen LogP contribution in [0.3, 0.4) is 0 Å². The molecule has 2 heteroatoms. The van der Waals surface area contributed by atoms with Crippen LogP contribution in [0.25, 0.3) is 0 Å². The van der Waals surface area contributed by atoms with Crippen molar-refractivity contribution in [3.05, 3.63) is 34.8 Å². The fourth-order valence-electron chi connectivity index (χ4n) is 0.415. The summed E-state index contributed by atoms with van der Waals surface area (Å²) in [4.78, 5) is 9.81. The second-order valence-corrected chi connectivity index (χ2v) is 3.27. The van der Waals surface area contributed by atoms with Gasteiger partial charge in [0.2, 0.25) is 0 Å². The van der Waals surface area contributed by atoms with Gasteiger partial charge in [0.05, 0.1) is 0 Å². The van der Waals surface area contributed by atoms with E-state index in [-0.39, 0.29) is 5.78 Å². The average molecular weight is 229 g/mol. The minimum Gasteiger partial charge on any atom is -0.300 e. The van der Waals surface area contributed by atoms with Crippen LogP contribution >= 0.6 is 15.9 Å². The number of hydrogen-bond donors (Lipinski definition) is 0. The molecule has 1 rings (SSSR count). The molecule has 0 heterocycles. The van der Waals surface area contributed by atoms with E-state index in [2.05, 4.69) is 15.9 Å². The molecule has 0 radical (unpaired) electrons. The maximum absolute atomic E-state index is 9.81. The third-order valence-corrected chi connectivity index (χ3v) is 1.76. The minimum absolute atomic E-state index is 0.255. The van der Waals surface area contributed by atoms with E-state index in [9.17, 15) is 4.79 Å². The minimum atomic E-state index is 0.255. The van der Waals surface area contributed by atoms with Crippen molar-refractivity contribution >= 4 is 21.7 Å². The lowest BCUT2D eigenvalue weighted by Gasteiger charge is -1.80. The number of ketones is 1. The van der Waals surface area contributed by atoms with E-state index >= 15 is 0 Å². The highest BCUT2D eigenvalue weighted by atomic mass is 79.9. The lowest BCUT2D eigenvalue weighted by Crippen LogP contribution is -1.80. The van der Waals surface area contributed by atoms with E-state index in [1.807, 2.05) is 37.3 Å². The number of hydrogen-bond acceptors (Lipinski definition) is 1. The predicted octanol–water partition coefficient (Wildman–Crippen LogP) is 3.43.